The number of aromatic nitrogens is 1. The molecule has 0 spiro atoms. The Morgan fingerprint density at radius 3 is 2.52 bits per heavy atom. The van der Waals surface area contributed by atoms with Gasteiger partial charge in [-0.15, -0.1) is 11.3 Å². The quantitative estimate of drug-likeness (QED) is 0.552. The molecule has 0 fully saturated rings. The maximum absolute atomic E-state index is 12.6. The van der Waals surface area contributed by atoms with Gasteiger partial charge >= 0.3 is 0 Å². The van der Waals surface area contributed by atoms with Gasteiger partial charge in [0, 0.05) is 10.9 Å². The third kappa shape index (κ3) is 5.21. The number of nitriles is 1. The van der Waals surface area contributed by atoms with Crippen LogP contribution in [0, 0.1) is 17.2 Å². The maximum Gasteiger partial charge on any atom is 0.228 e. The molecule has 0 saturated carbocycles. The zero-order valence-electron chi connectivity index (χ0n) is 16.6. The highest BCUT2D eigenvalue weighted by Gasteiger charge is 2.22. The van der Waals surface area contributed by atoms with Crippen molar-refractivity contribution in [2.24, 2.45) is 5.92 Å². The van der Waals surface area contributed by atoms with E-state index in [-0.39, 0.29) is 18.4 Å². The molecule has 0 bridgehead atoms. The van der Waals surface area contributed by atoms with Crippen molar-refractivity contribution in [2.45, 2.75) is 26.2 Å². The molecule has 0 saturated heterocycles. The van der Waals surface area contributed by atoms with Crippen LogP contribution in [-0.2, 0) is 4.79 Å². The van der Waals surface area contributed by atoms with E-state index in [0.29, 0.717) is 11.0 Å². The minimum absolute atomic E-state index is 0.0235. The first-order chi connectivity index (χ1) is 14.0. The Hall–Kier alpha value is -3.17. The van der Waals surface area contributed by atoms with Crippen LogP contribution < -0.4 is 11.1 Å². The maximum atomic E-state index is 12.6. The van der Waals surface area contributed by atoms with Gasteiger partial charge in [0.15, 0.2) is 5.13 Å². The van der Waals surface area contributed by atoms with E-state index >= 15 is 0 Å². The number of nitrogens with two attached hydrogens (primary N) is 1. The van der Waals surface area contributed by atoms with Crippen molar-refractivity contribution in [3.05, 3.63) is 59.5 Å². The average molecular weight is 405 g/mol. The van der Waals surface area contributed by atoms with E-state index in [1.807, 2.05) is 41.8 Å². The van der Waals surface area contributed by atoms with Crippen LogP contribution in [0.15, 0.2) is 53.9 Å². The molecule has 148 valence electrons. The molecule has 0 radical (unpaired) electrons. The number of hydrogen-bond donors (Lipinski definition) is 2. The lowest BCUT2D eigenvalue weighted by Gasteiger charge is -2.19. The SMILES string of the molecule is CC(C)C[C@@H](C(=O)NCC#N)c1cccc(-c2ccc(-c3csc(N)n3)cc2)c1. The van der Waals surface area contributed by atoms with Crippen LogP contribution in [0.5, 0.6) is 0 Å². The molecular formula is C23H24N4OS. The molecular weight excluding hydrogens is 380 g/mol. The predicted molar refractivity (Wildman–Crippen MR) is 118 cm³/mol. The van der Waals surface area contributed by atoms with Gasteiger partial charge in [0.05, 0.1) is 17.7 Å². The molecule has 1 amide bonds. The summed E-state index contributed by atoms with van der Waals surface area (Å²) in [5.41, 5.74) is 10.7. The second-order valence-corrected chi connectivity index (χ2v) is 8.22. The summed E-state index contributed by atoms with van der Waals surface area (Å²) in [4.78, 5) is 16.9. The van der Waals surface area contributed by atoms with Crippen molar-refractivity contribution < 1.29 is 4.79 Å². The van der Waals surface area contributed by atoms with Gasteiger partial charge in [-0.3, -0.25) is 4.79 Å². The first-order valence-corrected chi connectivity index (χ1v) is 10.4. The number of hydrogen-bond acceptors (Lipinski definition) is 5. The molecule has 0 aliphatic rings. The molecule has 1 atom stereocenters. The average Bonchev–Trinajstić information content (AvgIpc) is 3.16. The Morgan fingerprint density at radius 2 is 1.90 bits per heavy atom. The smallest absolute Gasteiger partial charge is 0.228 e. The number of carbonyl (C=O) groups is 1. The van der Waals surface area contributed by atoms with Crippen molar-refractivity contribution in [1.29, 1.82) is 5.26 Å². The van der Waals surface area contributed by atoms with E-state index in [0.717, 1.165) is 34.4 Å². The minimum Gasteiger partial charge on any atom is -0.375 e. The molecule has 3 aromatic rings. The van der Waals surface area contributed by atoms with Crippen LogP contribution in [0.4, 0.5) is 5.13 Å². The second-order valence-electron chi connectivity index (χ2n) is 7.33. The van der Waals surface area contributed by atoms with Crippen LogP contribution in [0.1, 0.15) is 31.7 Å². The molecule has 2 aromatic carbocycles. The predicted octanol–water partition coefficient (Wildman–Crippen LogP) is 4.83. The van der Waals surface area contributed by atoms with Gasteiger partial charge in [0.1, 0.15) is 6.54 Å². The van der Waals surface area contributed by atoms with Crippen LogP contribution in [0.2, 0.25) is 0 Å². The number of thiazole rings is 1. The Bertz CT molecular complexity index is 1020. The number of amides is 1. The molecule has 5 nitrogen and oxygen atoms in total. The molecule has 0 unspecified atom stereocenters. The molecule has 6 heteroatoms. The standard InChI is InChI=1S/C23H24N4OS/c1-15(2)12-20(22(28)26-11-10-24)19-5-3-4-18(13-19)16-6-8-17(9-7-16)21-14-29-23(25)27-21/h3-9,13-15,20H,11-12H2,1-2H3,(H2,25,27)(H,26,28)/t20-/m1/s1. The van der Waals surface area contributed by atoms with E-state index in [1.165, 1.54) is 11.3 Å². The number of nitrogens with zero attached hydrogens (tertiary/aromatic N) is 2. The molecule has 29 heavy (non-hydrogen) atoms. The number of carbonyl (C=O) groups excluding carboxylic acids is 1. The summed E-state index contributed by atoms with van der Waals surface area (Å²) in [5, 5.41) is 14.0. The van der Waals surface area contributed by atoms with Crippen molar-refractivity contribution >= 4 is 22.4 Å². The van der Waals surface area contributed by atoms with E-state index in [1.54, 1.807) is 0 Å². The monoisotopic (exact) mass is 404 g/mol. The summed E-state index contributed by atoms with van der Waals surface area (Å²) in [5.74, 6) is -0.0178. The number of nitrogens with one attached hydrogen (secondary N) is 1. The Morgan fingerprint density at radius 1 is 1.17 bits per heavy atom. The van der Waals surface area contributed by atoms with Gasteiger partial charge in [-0.25, -0.2) is 4.98 Å². The lowest BCUT2D eigenvalue weighted by atomic mass is 9.88. The zero-order chi connectivity index (χ0) is 20.8. The summed E-state index contributed by atoms with van der Waals surface area (Å²) >= 11 is 1.43. The van der Waals surface area contributed by atoms with Gasteiger partial charge in [-0.05, 0) is 29.0 Å². The molecule has 1 aromatic heterocycles. The van der Waals surface area contributed by atoms with Crippen molar-refractivity contribution in [3.63, 3.8) is 0 Å². The van der Waals surface area contributed by atoms with Crippen LogP contribution in [-0.4, -0.2) is 17.4 Å². The molecule has 0 aliphatic carbocycles. The van der Waals surface area contributed by atoms with Gasteiger partial charge in [0.25, 0.3) is 0 Å². The zero-order valence-corrected chi connectivity index (χ0v) is 17.4. The fourth-order valence-corrected chi connectivity index (χ4v) is 3.88. The normalized spacial score (nSPS) is 11.8. The van der Waals surface area contributed by atoms with Gasteiger partial charge in [-0.2, -0.15) is 5.26 Å². The number of rotatable bonds is 7. The van der Waals surface area contributed by atoms with E-state index < -0.39 is 0 Å². The van der Waals surface area contributed by atoms with E-state index in [9.17, 15) is 4.79 Å². The lowest BCUT2D eigenvalue weighted by Crippen LogP contribution is -2.30. The molecule has 0 aliphatic heterocycles. The molecule has 3 N–H and O–H groups in total. The summed E-state index contributed by atoms with van der Waals surface area (Å²) in [6, 6.07) is 18.2. The fourth-order valence-electron chi connectivity index (χ4n) is 3.30. The number of nitrogen functional groups attached to an aromatic ring is 1. The van der Waals surface area contributed by atoms with Gasteiger partial charge in [0.2, 0.25) is 5.91 Å². The van der Waals surface area contributed by atoms with Gasteiger partial charge < -0.3 is 11.1 Å². The Balaban J connectivity index is 1.87. The van der Waals surface area contributed by atoms with Crippen LogP contribution in [0.3, 0.4) is 0 Å². The Labute approximate surface area is 175 Å². The van der Waals surface area contributed by atoms with Crippen LogP contribution >= 0.6 is 11.3 Å². The van der Waals surface area contributed by atoms with Crippen molar-refractivity contribution in [1.82, 2.24) is 10.3 Å². The molecule has 3 rings (SSSR count). The number of anilines is 1. The van der Waals surface area contributed by atoms with E-state index in [4.69, 9.17) is 11.0 Å². The Kier molecular flexibility index (Phi) is 6.63. The summed E-state index contributed by atoms with van der Waals surface area (Å²) in [7, 11) is 0. The first kappa shape index (κ1) is 20.6. The molecule has 1 heterocycles. The first-order valence-electron chi connectivity index (χ1n) is 9.54. The summed E-state index contributed by atoms with van der Waals surface area (Å²) in [6.07, 6.45) is 0.727. The van der Waals surface area contributed by atoms with Gasteiger partial charge in [-0.1, -0.05) is 62.4 Å². The summed E-state index contributed by atoms with van der Waals surface area (Å²) < 4.78 is 0. The van der Waals surface area contributed by atoms with E-state index in [2.05, 4.69) is 42.3 Å². The lowest BCUT2D eigenvalue weighted by molar-refractivity contribution is -0.122. The highest BCUT2D eigenvalue weighted by molar-refractivity contribution is 7.13. The third-order valence-corrected chi connectivity index (χ3v) is 5.36. The van der Waals surface area contributed by atoms with Crippen molar-refractivity contribution in [3.8, 4) is 28.5 Å². The number of benzene rings is 2. The largest absolute Gasteiger partial charge is 0.375 e. The second kappa shape index (κ2) is 9.35. The minimum atomic E-state index is -0.277. The topological polar surface area (TPSA) is 91.8 Å². The highest BCUT2D eigenvalue weighted by Crippen LogP contribution is 2.30. The third-order valence-electron chi connectivity index (χ3n) is 4.69. The van der Waals surface area contributed by atoms with Crippen LogP contribution in [0.25, 0.3) is 22.4 Å². The highest BCUT2D eigenvalue weighted by atomic mass is 32.1. The fraction of sp³-hybridized carbons (Fsp3) is 0.261. The summed E-state index contributed by atoms with van der Waals surface area (Å²) in [6.45, 7) is 4.21. The van der Waals surface area contributed by atoms with Crippen molar-refractivity contribution in [2.75, 3.05) is 12.3 Å².